The molecular weight excluding hydrogens is 287 g/mol. The highest BCUT2D eigenvalue weighted by Gasteiger charge is 2.31. The molecule has 0 saturated carbocycles. The minimum Gasteiger partial charge on any atom is -0.406 e. The molecule has 1 aromatic carbocycles. The van der Waals surface area contributed by atoms with Crippen molar-refractivity contribution < 1.29 is 22.7 Å². The number of carbonyl (C=O) groups is 1. The lowest BCUT2D eigenvalue weighted by Crippen LogP contribution is -2.17. The number of halogens is 3. The molecule has 8 heteroatoms. The fraction of sp³-hybridized carbons (Fsp3) is 0.0769. The van der Waals surface area contributed by atoms with E-state index >= 15 is 0 Å². The summed E-state index contributed by atoms with van der Waals surface area (Å²) in [5.41, 5.74) is 6.06. The monoisotopic (exact) mass is 297 g/mol. The number of nitrogens with zero attached hydrogens (tertiary/aromatic N) is 1. The second-order valence-corrected chi connectivity index (χ2v) is 4.03. The summed E-state index contributed by atoms with van der Waals surface area (Å²) in [5.74, 6) is -1.01. The summed E-state index contributed by atoms with van der Waals surface area (Å²) in [7, 11) is 0. The minimum atomic E-state index is -4.76. The van der Waals surface area contributed by atoms with Gasteiger partial charge in [0.15, 0.2) is 0 Å². The number of carbonyl (C=O) groups excluding carboxylic acids is 1. The van der Waals surface area contributed by atoms with Gasteiger partial charge in [-0.05, 0) is 18.2 Å². The van der Waals surface area contributed by atoms with Crippen LogP contribution < -0.4 is 15.8 Å². The number of aromatic nitrogens is 1. The highest BCUT2D eigenvalue weighted by atomic mass is 19.4. The third kappa shape index (κ3) is 4.37. The molecule has 5 nitrogen and oxygen atoms in total. The number of pyridine rings is 1. The molecule has 0 saturated heterocycles. The average Bonchev–Trinajstić information content (AvgIpc) is 2.37. The summed E-state index contributed by atoms with van der Waals surface area (Å²) in [6.45, 7) is 0. The van der Waals surface area contributed by atoms with E-state index in [9.17, 15) is 18.0 Å². The number of benzene rings is 1. The molecule has 0 aliphatic carbocycles. The van der Waals surface area contributed by atoms with Gasteiger partial charge in [0.1, 0.15) is 5.75 Å². The molecule has 2 rings (SSSR count). The van der Waals surface area contributed by atoms with Crippen LogP contribution in [0.2, 0.25) is 0 Å². The van der Waals surface area contributed by atoms with E-state index in [2.05, 4.69) is 15.0 Å². The van der Waals surface area contributed by atoms with Crippen molar-refractivity contribution in [3.05, 3.63) is 48.3 Å². The number of nitrogens with two attached hydrogens (primary N) is 1. The lowest BCUT2D eigenvalue weighted by Gasteiger charge is -2.11. The molecular formula is C13H10F3N3O2. The van der Waals surface area contributed by atoms with Crippen molar-refractivity contribution in [2.75, 3.05) is 5.32 Å². The van der Waals surface area contributed by atoms with E-state index in [4.69, 9.17) is 5.73 Å². The number of rotatable bonds is 4. The third-order valence-corrected chi connectivity index (χ3v) is 2.38. The number of primary amides is 1. The van der Waals surface area contributed by atoms with Crippen LogP contribution in [-0.2, 0) is 0 Å². The summed E-state index contributed by atoms with van der Waals surface area (Å²) in [6.07, 6.45) is -2.06. The lowest BCUT2D eigenvalue weighted by molar-refractivity contribution is -0.274. The highest BCUT2D eigenvalue weighted by molar-refractivity contribution is 5.93. The van der Waals surface area contributed by atoms with Crippen molar-refractivity contribution in [2.24, 2.45) is 5.73 Å². The van der Waals surface area contributed by atoms with Gasteiger partial charge in [-0.25, -0.2) is 0 Å². The first-order valence-electron chi connectivity index (χ1n) is 5.71. The largest absolute Gasteiger partial charge is 0.573 e. The number of anilines is 2. The van der Waals surface area contributed by atoms with Crippen LogP contribution in [0.5, 0.6) is 5.75 Å². The molecule has 0 spiro atoms. The van der Waals surface area contributed by atoms with Crippen LogP contribution in [0.25, 0.3) is 0 Å². The molecule has 0 aliphatic heterocycles. The highest BCUT2D eigenvalue weighted by Crippen LogP contribution is 2.26. The van der Waals surface area contributed by atoms with Crippen LogP contribution in [-0.4, -0.2) is 17.3 Å². The number of ether oxygens (including phenoxy) is 1. The topological polar surface area (TPSA) is 77.2 Å². The SMILES string of the molecule is NC(=O)c1cncc(Nc2cccc(OC(F)(F)F)c2)c1. The van der Waals surface area contributed by atoms with Crippen molar-refractivity contribution in [1.29, 1.82) is 0 Å². The van der Waals surface area contributed by atoms with Gasteiger partial charge in [-0.1, -0.05) is 6.07 Å². The lowest BCUT2D eigenvalue weighted by atomic mass is 10.2. The van der Waals surface area contributed by atoms with E-state index in [0.717, 1.165) is 0 Å². The molecule has 0 fully saturated rings. The first kappa shape index (κ1) is 14.6. The molecule has 1 aromatic heterocycles. The number of nitrogens with one attached hydrogen (secondary N) is 1. The first-order valence-corrected chi connectivity index (χ1v) is 5.71. The number of hydrogen-bond acceptors (Lipinski definition) is 4. The first-order chi connectivity index (χ1) is 9.83. The molecule has 0 atom stereocenters. The Morgan fingerprint density at radius 3 is 2.62 bits per heavy atom. The molecule has 21 heavy (non-hydrogen) atoms. The zero-order valence-corrected chi connectivity index (χ0v) is 10.5. The molecule has 1 amide bonds. The van der Waals surface area contributed by atoms with Gasteiger partial charge in [0.2, 0.25) is 5.91 Å². The van der Waals surface area contributed by atoms with Gasteiger partial charge < -0.3 is 15.8 Å². The molecule has 0 radical (unpaired) electrons. The van der Waals surface area contributed by atoms with E-state index in [0.29, 0.717) is 11.4 Å². The van der Waals surface area contributed by atoms with Crippen LogP contribution >= 0.6 is 0 Å². The molecule has 0 aliphatic rings. The summed E-state index contributed by atoms with van der Waals surface area (Å²) in [4.78, 5) is 14.8. The van der Waals surface area contributed by atoms with Gasteiger partial charge in [0, 0.05) is 18.0 Å². The Bertz CT molecular complexity index is 659. The van der Waals surface area contributed by atoms with Crippen molar-refractivity contribution in [2.45, 2.75) is 6.36 Å². The summed E-state index contributed by atoms with van der Waals surface area (Å²) < 4.78 is 40.2. The van der Waals surface area contributed by atoms with Gasteiger partial charge in [-0.15, -0.1) is 13.2 Å². The van der Waals surface area contributed by atoms with E-state index in [1.54, 1.807) is 6.07 Å². The Morgan fingerprint density at radius 2 is 1.95 bits per heavy atom. The van der Waals surface area contributed by atoms with Crippen LogP contribution in [0.4, 0.5) is 24.5 Å². The maximum absolute atomic E-state index is 12.1. The fourth-order valence-electron chi connectivity index (χ4n) is 1.58. The Labute approximate surface area is 117 Å². The summed E-state index contributed by atoms with van der Waals surface area (Å²) in [5, 5.41) is 2.81. The average molecular weight is 297 g/mol. The molecule has 0 bridgehead atoms. The zero-order chi connectivity index (χ0) is 15.5. The van der Waals surface area contributed by atoms with Crippen molar-refractivity contribution >= 4 is 17.3 Å². The number of hydrogen-bond donors (Lipinski definition) is 2. The smallest absolute Gasteiger partial charge is 0.406 e. The van der Waals surface area contributed by atoms with Crippen molar-refractivity contribution in [3.8, 4) is 5.75 Å². The summed E-state index contributed by atoms with van der Waals surface area (Å²) >= 11 is 0. The predicted molar refractivity (Wildman–Crippen MR) is 69.2 cm³/mol. The third-order valence-electron chi connectivity index (χ3n) is 2.38. The van der Waals surface area contributed by atoms with Crippen LogP contribution in [0.3, 0.4) is 0 Å². The second-order valence-electron chi connectivity index (χ2n) is 4.03. The van der Waals surface area contributed by atoms with Gasteiger partial charge >= 0.3 is 6.36 Å². The quantitative estimate of drug-likeness (QED) is 0.909. The second kappa shape index (κ2) is 5.70. The molecule has 0 unspecified atom stereocenters. The minimum absolute atomic E-state index is 0.183. The van der Waals surface area contributed by atoms with Crippen molar-refractivity contribution in [3.63, 3.8) is 0 Å². The van der Waals surface area contributed by atoms with Crippen LogP contribution in [0.1, 0.15) is 10.4 Å². The Morgan fingerprint density at radius 1 is 1.19 bits per heavy atom. The van der Waals surface area contributed by atoms with Gasteiger partial charge in [-0.2, -0.15) is 0 Å². The van der Waals surface area contributed by atoms with Crippen LogP contribution in [0.15, 0.2) is 42.7 Å². The Hall–Kier alpha value is -2.77. The maximum Gasteiger partial charge on any atom is 0.573 e. The molecule has 110 valence electrons. The van der Waals surface area contributed by atoms with E-state index in [1.807, 2.05) is 0 Å². The van der Waals surface area contributed by atoms with Gasteiger partial charge in [0.05, 0.1) is 17.4 Å². The standard InChI is InChI=1S/C13H10F3N3O2/c14-13(15,16)21-11-3-1-2-9(5-11)19-10-4-8(12(17)20)6-18-7-10/h1-7,19H,(H2,17,20). The Balaban J connectivity index is 2.18. The predicted octanol–water partition coefficient (Wildman–Crippen LogP) is 2.82. The normalized spacial score (nSPS) is 11.0. The molecule has 3 N–H and O–H groups in total. The Kier molecular flexibility index (Phi) is 3.97. The zero-order valence-electron chi connectivity index (χ0n) is 10.5. The molecule has 2 aromatic rings. The molecule has 1 heterocycles. The van der Waals surface area contributed by atoms with Gasteiger partial charge in [-0.3, -0.25) is 9.78 Å². The van der Waals surface area contributed by atoms with Gasteiger partial charge in [0.25, 0.3) is 0 Å². The maximum atomic E-state index is 12.1. The summed E-state index contributed by atoms with van der Waals surface area (Å²) in [6, 6.07) is 6.72. The fourth-order valence-corrected chi connectivity index (χ4v) is 1.58. The number of amides is 1. The van der Waals surface area contributed by atoms with E-state index in [1.165, 1.54) is 36.7 Å². The van der Waals surface area contributed by atoms with E-state index in [-0.39, 0.29) is 11.3 Å². The number of alkyl halides is 3. The van der Waals surface area contributed by atoms with Crippen LogP contribution in [0, 0.1) is 0 Å². The van der Waals surface area contributed by atoms with Crippen molar-refractivity contribution in [1.82, 2.24) is 4.98 Å². The van der Waals surface area contributed by atoms with E-state index < -0.39 is 12.3 Å².